The monoisotopic (exact) mass is 314 g/mol. The summed E-state index contributed by atoms with van der Waals surface area (Å²) in [6.45, 7) is 0.887. The highest BCUT2D eigenvalue weighted by molar-refractivity contribution is 5.89. The minimum atomic E-state index is -0.308. The molecule has 0 aliphatic carbocycles. The summed E-state index contributed by atoms with van der Waals surface area (Å²) in [7, 11) is 0. The molecule has 2 heterocycles. The summed E-state index contributed by atoms with van der Waals surface area (Å²) in [5.41, 5.74) is 1.25. The molecule has 0 aromatic carbocycles. The molecule has 0 aliphatic rings. The van der Waals surface area contributed by atoms with E-state index in [-0.39, 0.29) is 12.1 Å². The lowest BCUT2D eigenvalue weighted by atomic mass is 10.4. The van der Waals surface area contributed by atoms with Crippen molar-refractivity contribution in [3.05, 3.63) is 49.1 Å². The van der Waals surface area contributed by atoms with Gasteiger partial charge < -0.3 is 21.3 Å². The Morgan fingerprint density at radius 3 is 1.70 bits per heavy atom. The molecule has 0 unspecified atom stereocenters. The Bertz CT molecular complexity index is 565. The van der Waals surface area contributed by atoms with Gasteiger partial charge in [0.25, 0.3) is 0 Å². The fourth-order valence-corrected chi connectivity index (χ4v) is 1.72. The average Bonchev–Trinajstić information content (AvgIpc) is 2.56. The first-order chi connectivity index (χ1) is 11.2. The van der Waals surface area contributed by atoms with Crippen molar-refractivity contribution >= 4 is 23.4 Å². The molecule has 4 amide bonds. The maximum Gasteiger partial charge on any atom is 0.319 e. The standard InChI is InChI=1S/C15H18N6O2/c22-14(20-12-4-1-6-16-10-12)18-8-3-9-19-15(23)21-13-5-2-7-17-11-13/h1-2,4-7,10-11H,3,8-9H2,(H2,18,20,22)(H2,19,21,23). The van der Waals surface area contributed by atoms with Crippen LogP contribution in [0.2, 0.25) is 0 Å². The molecule has 23 heavy (non-hydrogen) atoms. The van der Waals surface area contributed by atoms with Crippen molar-refractivity contribution in [2.45, 2.75) is 6.42 Å². The largest absolute Gasteiger partial charge is 0.338 e. The Balaban J connectivity index is 1.55. The fraction of sp³-hybridized carbons (Fsp3) is 0.200. The van der Waals surface area contributed by atoms with Gasteiger partial charge in [0.15, 0.2) is 0 Å². The molecule has 0 spiro atoms. The normalized spacial score (nSPS) is 9.74. The van der Waals surface area contributed by atoms with Gasteiger partial charge in [0.1, 0.15) is 0 Å². The van der Waals surface area contributed by atoms with Gasteiger partial charge in [-0.15, -0.1) is 0 Å². The highest BCUT2D eigenvalue weighted by Gasteiger charge is 2.02. The Morgan fingerprint density at radius 1 is 0.826 bits per heavy atom. The number of hydrogen-bond donors (Lipinski definition) is 4. The molecule has 0 atom stereocenters. The van der Waals surface area contributed by atoms with Crippen molar-refractivity contribution in [1.82, 2.24) is 20.6 Å². The third-order valence-electron chi connectivity index (χ3n) is 2.76. The first kappa shape index (κ1) is 16.2. The van der Waals surface area contributed by atoms with Gasteiger partial charge in [0.2, 0.25) is 0 Å². The van der Waals surface area contributed by atoms with E-state index in [1.165, 1.54) is 0 Å². The Kier molecular flexibility index (Phi) is 6.33. The van der Waals surface area contributed by atoms with E-state index in [0.717, 1.165) is 0 Å². The number of carbonyl (C=O) groups excluding carboxylic acids is 2. The van der Waals surface area contributed by atoms with Crippen LogP contribution >= 0.6 is 0 Å². The van der Waals surface area contributed by atoms with Crippen LogP contribution in [0.1, 0.15) is 6.42 Å². The van der Waals surface area contributed by atoms with Crippen molar-refractivity contribution < 1.29 is 9.59 Å². The summed E-state index contributed by atoms with van der Waals surface area (Å²) in [4.78, 5) is 31.0. The highest BCUT2D eigenvalue weighted by atomic mass is 16.2. The lowest BCUT2D eigenvalue weighted by Crippen LogP contribution is -2.34. The van der Waals surface area contributed by atoms with E-state index in [1.807, 2.05) is 0 Å². The molecule has 120 valence electrons. The number of amides is 4. The van der Waals surface area contributed by atoms with Crippen LogP contribution in [0, 0.1) is 0 Å². The molecule has 0 fully saturated rings. The number of urea groups is 2. The van der Waals surface area contributed by atoms with Gasteiger partial charge in [-0.2, -0.15) is 0 Å². The van der Waals surface area contributed by atoms with Crippen molar-refractivity contribution in [2.75, 3.05) is 23.7 Å². The Labute approximate surface area is 133 Å². The second-order valence-electron chi connectivity index (χ2n) is 4.60. The highest BCUT2D eigenvalue weighted by Crippen LogP contribution is 2.02. The van der Waals surface area contributed by atoms with Crippen molar-refractivity contribution in [3.63, 3.8) is 0 Å². The summed E-state index contributed by atoms with van der Waals surface area (Å²) < 4.78 is 0. The van der Waals surface area contributed by atoms with E-state index in [1.54, 1.807) is 49.1 Å². The topological polar surface area (TPSA) is 108 Å². The van der Waals surface area contributed by atoms with Gasteiger partial charge >= 0.3 is 12.1 Å². The summed E-state index contributed by atoms with van der Waals surface area (Å²) in [5, 5.41) is 10.7. The molecule has 0 saturated carbocycles. The number of nitrogens with zero attached hydrogens (tertiary/aromatic N) is 2. The second kappa shape index (κ2) is 8.98. The first-order valence-corrected chi connectivity index (χ1v) is 7.14. The van der Waals surface area contributed by atoms with E-state index in [4.69, 9.17) is 0 Å². The van der Waals surface area contributed by atoms with Crippen molar-refractivity contribution in [1.29, 1.82) is 0 Å². The zero-order valence-electron chi connectivity index (χ0n) is 12.5. The van der Waals surface area contributed by atoms with Crippen LogP contribution in [0.3, 0.4) is 0 Å². The number of rotatable bonds is 6. The molecule has 8 heteroatoms. The molecule has 0 radical (unpaired) electrons. The predicted molar refractivity (Wildman–Crippen MR) is 87.1 cm³/mol. The molecular formula is C15H18N6O2. The number of carbonyl (C=O) groups is 2. The number of hydrogen-bond acceptors (Lipinski definition) is 4. The average molecular weight is 314 g/mol. The maximum absolute atomic E-state index is 11.6. The molecule has 0 aliphatic heterocycles. The van der Waals surface area contributed by atoms with Crippen molar-refractivity contribution in [3.8, 4) is 0 Å². The van der Waals surface area contributed by atoms with Crippen LogP contribution in [0.15, 0.2) is 49.1 Å². The third-order valence-corrected chi connectivity index (χ3v) is 2.76. The van der Waals surface area contributed by atoms with Gasteiger partial charge in [0.05, 0.1) is 23.8 Å². The van der Waals surface area contributed by atoms with Crippen LogP contribution in [0.25, 0.3) is 0 Å². The minimum absolute atomic E-state index is 0.308. The van der Waals surface area contributed by atoms with E-state index in [0.29, 0.717) is 30.9 Å². The van der Waals surface area contributed by atoms with Crippen LogP contribution < -0.4 is 21.3 Å². The number of anilines is 2. The Morgan fingerprint density at radius 2 is 1.30 bits per heavy atom. The van der Waals surface area contributed by atoms with Crippen LogP contribution in [0.4, 0.5) is 21.0 Å². The SMILES string of the molecule is O=C(NCCCNC(=O)Nc1cccnc1)Nc1cccnc1. The number of pyridine rings is 2. The third kappa shape index (κ3) is 6.42. The van der Waals surface area contributed by atoms with Gasteiger partial charge in [-0.25, -0.2) is 9.59 Å². The second-order valence-corrected chi connectivity index (χ2v) is 4.60. The minimum Gasteiger partial charge on any atom is -0.338 e. The van der Waals surface area contributed by atoms with E-state index < -0.39 is 0 Å². The molecule has 4 N–H and O–H groups in total. The summed E-state index contributed by atoms with van der Waals surface area (Å²) in [6.07, 6.45) is 6.99. The van der Waals surface area contributed by atoms with E-state index in [2.05, 4.69) is 31.2 Å². The number of nitrogens with one attached hydrogen (secondary N) is 4. The molecule has 0 saturated heterocycles. The van der Waals surface area contributed by atoms with Gasteiger partial charge in [0, 0.05) is 25.5 Å². The quantitative estimate of drug-likeness (QED) is 0.610. The first-order valence-electron chi connectivity index (χ1n) is 7.14. The molecule has 2 rings (SSSR count). The van der Waals surface area contributed by atoms with Crippen LogP contribution in [-0.2, 0) is 0 Å². The zero-order valence-corrected chi connectivity index (χ0v) is 12.5. The molecule has 2 aromatic rings. The zero-order chi connectivity index (χ0) is 16.3. The van der Waals surface area contributed by atoms with Crippen molar-refractivity contribution in [2.24, 2.45) is 0 Å². The molecule has 0 bridgehead atoms. The number of aromatic nitrogens is 2. The van der Waals surface area contributed by atoms with Gasteiger partial charge in [-0.1, -0.05) is 0 Å². The van der Waals surface area contributed by atoms with Crippen LogP contribution in [0.5, 0.6) is 0 Å². The summed E-state index contributed by atoms with van der Waals surface area (Å²) >= 11 is 0. The van der Waals surface area contributed by atoms with E-state index >= 15 is 0 Å². The predicted octanol–water partition coefficient (Wildman–Crippen LogP) is 1.81. The van der Waals surface area contributed by atoms with Gasteiger partial charge in [-0.05, 0) is 30.7 Å². The maximum atomic E-state index is 11.6. The van der Waals surface area contributed by atoms with Crippen LogP contribution in [-0.4, -0.2) is 35.1 Å². The lowest BCUT2D eigenvalue weighted by molar-refractivity contribution is 0.251. The summed E-state index contributed by atoms with van der Waals surface area (Å²) in [5.74, 6) is 0. The Hall–Kier alpha value is -3.16. The van der Waals surface area contributed by atoms with E-state index in [9.17, 15) is 9.59 Å². The molecule has 8 nitrogen and oxygen atoms in total. The smallest absolute Gasteiger partial charge is 0.319 e. The van der Waals surface area contributed by atoms with Gasteiger partial charge in [-0.3, -0.25) is 9.97 Å². The molecule has 2 aromatic heterocycles. The lowest BCUT2D eigenvalue weighted by Gasteiger charge is -2.09. The fourth-order valence-electron chi connectivity index (χ4n) is 1.72. The molecular weight excluding hydrogens is 296 g/mol. The summed E-state index contributed by atoms with van der Waals surface area (Å²) in [6, 6.07) is 6.35.